The van der Waals surface area contributed by atoms with E-state index in [-0.39, 0.29) is 12.4 Å². The second-order valence-corrected chi connectivity index (χ2v) is 9.25. The van der Waals surface area contributed by atoms with Crippen LogP contribution >= 0.6 is 12.4 Å². The van der Waals surface area contributed by atoms with Crippen molar-refractivity contribution in [3.8, 4) is 0 Å². The summed E-state index contributed by atoms with van der Waals surface area (Å²) in [5.74, 6) is 2.01. The molecule has 6 rings (SSSR count). The van der Waals surface area contributed by atoms with Crippen LogP contribution in [0.3, 0.4) is 0 Å². The van der Waals surface area contributed by atoms with Gasteiger partial charge in [0.15, 0.2) is 0 Å². The van der Waals surface area contributed by atoms with Crippen molar-refractivity contribution < 1.29 is 0 Å². The van der Waals surface area contributed by atoms with Crippen molar-refractivity contribution in [1.29, 1.82) is 0 Å². The zero-order valence-electron chi connectivity index (χ0n) is 18.6. The number of fused-ring (bicyclic) bond motifs is 2. The number of anilines is 1. The topological polar surface area (TPSA) is 21.1 Å². The molecule has 0 spiro atoms. The minimum atomic E-state index is 0. The smallest absolute Gasteiger partial charge is 0.138 e. The van der Waals surface area contributed by atoms with Crippen LogP contribution in [0.25, 0.3) is 10.9 Å². The number of rotatable bonds is 5. The summed E-state index contributed by atoms with van der Waals surface area (Å²) in [6, 6.07) is 22.0. The Bertz CT molecular complexity index is 1240. The van der Waals surface area contributed by atoms with E-state index in [0.29, 0.717) is 0 Å². The molecule has 3 heterocycles. The molecule has 0 N–H and O–H groups in total. The van der Waals surface area contributed by atoms with Gasteiger partial charge in [0.25, 0.3) is 0 Å². The maximum Gasteiger partial charge on any atom is 0.138 e. The van der Waals surface area contributed by atoms with Crippen LogP contribution in [0.2, 0.25) is 0 Å². The maximum absolute atomic E-state index is 4.97. The summed E-state index contributed by atoms with van der Waals surface area (Å²) in [6.45, 7) is 5.43. The lowest BCUT2D eigenvalue weighted by atomic mass is 9.98. The molecule has 0 atom stereocenters. The lowest BCUT2D eigenvalue weighted by Gasteiger charge is -2.30. The highest BCUT2D eigenvalue weighted by atomic mass is 35.5. The van der Waals surface area contributed by atoms with Gasteiger partial charge < -0.3 is 9.47 Å². The van der Waals surface area contributed by atoms with Gasteiger partial charge in [-0.15, -0.1) is 12.4 Å². The summed E-state index contributed by atoms with van der Waals surface area (Å²) < 4.78 is 2.58. The molecule has 164 valence electrons. The first-order valence-electron chi connectivity index (χ1n) is 11.6. The summed E-state index contributed by atoms with van der Waals surface area (Å²) in [5.41, 5.74) is 8.51. The molecule has 2 aliphatic rings. The lowest BCUT2D eigenvalue weighted by molar-refractivity contribution is 0.631. The Morgan fingerprint density at radius 2 is 1.69 bits per heavy atom. The van der Waals surface area contributed by atoms with Gasteiger partial charge in [-0.2, -0.15) is 0 Å². The fourth-order valence-corrected chi connectivity index (χ4v) is 5.21. The number of aromatic nitrogens is 2. The summed E-state index contributed by atoms with van der Waals surface area (Å²) in [5, 5.41) is 1.36. The number of nitrogens with zero attached hydrogens (tertiary/aromatic N) is 3. The number of hydrogen-bond donors (Lipinski definition) is 0. The Labute approximate surface area is 196 Å². The fraction of sp³-hybridized carbons (Fsp3) is 0.321. The van der Waals surface area contributed by atoms with Crippen LogP contribution in [0, 0.1) is 12.8 Å². The first kappa shape index (κ1) is 21.1. The highest BCUT2D eigenvalue weighted by Crippen LogP contribution is 2.39. The Kier molecular flexibility index (Phi) is 5.69. The molecule has 4 heteroatoms. The quantitative estimate of drug-likeness (QED) is 0.359. The van der Waals surface area contributed by atoms with Crippen molar-refractivity contribution in [1.82, 2.24) is 9.55 Å². The van der Waals surface area contributed by atoms with Crippen LogP contribution < -0.4 is 4.90 Å². The number of halogens is 1. The van der Waals surface area contributed by atoms with Gasteiger partial charge in [-0.25, -0.2) is 4.98 Å². The van der Waals surface area contributed by atoms with Gasteiger partial charge in [-0.05, 0) is 66.8 Å². The molecule has 0 saturated heterocycles. The van der Waals surface area contributed by atoms with Gasteiger partial charge in [-0.1, -0.05) is 54.6 Å². The third kappa shape index (κ3) is 3.80. The molecule has 2 aromatic heterocycles. The third-order valence-electron chi connectivity index (χ3n) is 7.13. The van der Waals surface area contributed by atoms with Crippen molar-refractivity contribution >= 4 is 29.1 Å². The van der Waals surface area contributed by atoms with Gasteiger partial charge in [0, 0.05) is 36.9 Å². The normalized spacial score (nSPS) is 15.5. The third-order valence-corrected chi connectivity index (χ3v) is 7.13. The predicted molar refractivity (Wildman–Crippen MR) is 135 cm³/mol. The minimum absolute atomic E-state index is 0. The Morgan fingerprint density at radius 3 is 2.47 bits per heavy atom. The van der Waals surface area contributed by atoms with E-state index in [2.05, 4.69) is 77.1 Å². The number of benzene rings is 2. The van der Waals surface area contributed by atoms with Gasteiger partial charge in [0.2, 0.25) is 0 Å². The van der Waals surface area contributed by atoms with Gasteiger partial charge in [-0.3, -0.25) is 0 Å². The van der Waals surface area contributed by atoms with E-state index >= 15 is 0 Å². The van der Waals surface area contributed by atoms with E-state index < -0.39 is 0 Å². The van der Waals surface area contributed by atoms with Gasteiger partial charge >= 0.3 is 0 Å². The first-order chi connectivity index (χ1) is 15.3. The Balaban J connectivity index is 0.00000216. The molecule has 2 aromatic carbocycles. The van der Waals surface area contributed by atoms with E-state index in [9.17, 15) is 0 Å². The molecule has 0 unspecified atom stereocenters. The van der Waals surface area contributed by atoms with E-state index in [1.165, 1.54) is 51.7 Å². The highest BCUT2D eigenvalue weighted by molar-refractivity contribution is 5.95. The second-order valence-electron chi connectivity index (χ2n) is 9.25. The lowest BCUT2D eigenvalue weighted by Crippen LogP contribution is -2.31. The van der Waals surface area contributed by atoms with Crippen LogP contribution in [-0.2, 0) is 25.9 Å². The SMILES string of the molecule is Cc1c(Cc2ccccc2)c2c(N3CCc4ccccc4C3)nccc2n1CC1CC1.Cl. The van der Waals surface area contributed by atoms with Crippen LogP contribution in [0.15, 0.2) is 66.9 Å². The molecule has 0 amide bonds. The standard InChI is InChI=1S/C28H29N3.ClH/c1-20-25(17-21-7-3-2-4-8-21)27-26(31(20)18-22-11-12-22)13-15-29-28(27)30-16-14-23-9-5-6-10-24(23)19-30;/h2-10,13,15,22H,11-12,14,16-19H2,1H3;1H. The maximum atomic E-state index is 4.97. The van der Waals surface area contributed by atoms with Crippen molar-refractivity contribution in [2.24, 2.45) is 5.92 Å². The average molecular weight is 444 g/mol. The van der Waals surface area contributed by atoms with Gasteiger partial charge in [0.05, 0.1) is 5.52 Å². The van der Waals surface area contributed by atoms with Crippen LogP contribution in [-0.4, -0.2) is 16.1 Å². The summed E-state index contributed by atoms with van der Waals surface area (Å²) in [6.07, 6.45) is 6.81. The first-order valence-corrected chi connectivity index (χ1v) is 11.6. The fourth-order valence-electron chi connectivity index (χ4n) is 5.21. The monoisotopic (exact) mass is 443 g/mol. The summed E-state index contributed by atoms with van der Waals surface area (Å²) >= 11 is 0. The molecule has 1 aliphatic carbocycles. The zero-order chi connectivity index (χ0) is 20.8. The van der Waals surface area contributed by atoms with E-state index in [1.807, 2.05) is 6.20 Å². The molecule has 1 saturated carbocycles. The van der Waals surface area contributed by atoms with E-state index in [0.717, 1.165) is 44.2 Å². The predicted octanol–water partition coefficient (Wildman–Crippen LogP) is 6.33. The largest absolute Gasteiger partial charge is 0.351 e. The molecule has 3 nitrogen and oxygen atoms in total. The Morgan fingerprint density at radius 1 is 0.938 bits per heavy atom. The van der Waals surface area contributed by atoms with Crippen molar-refractivity contribution in [2.45, 2.75) is 45.7 Å². The van der Waals surface area contributed by atoms with Crippen molar-refractivity contribution in [2.75, 3.05) is 11.4 Å². The van der Waals surface area contributed by atoms with Crippen molar-refractivity contribution in [3.05, 3.63) is 94.8 Å². The van der Waals surface area contributed by atoms with E-state index in [1.54, 1.807) is 0 Å². The highest BCUT2D eigenvalue weighted by Gasteiger charge is 2.27. The molecular formula is C28H30ClN3. The minimum Gasteiger partial charge on any atom is -0.351 e. The number of pyridine rings is 1. The van der Waals surface area contributed by atoms with Crippen LogP contribution in [0.1, 0.15) is 40.8 Å². The number of hydrogen-bond acceptors (Lipinski definition) is 2. The molecular weight excluding hydrogens is 414 g/mol. The molecule has 0 bridgehead atoms. The van der Waals surface area contributed by atoms with Gasteiger partial charge in [0.1, 0.15) is 5.82 Å². The average Bonchev–Trinajstić information content (AvgIpc) is 3.61. The van der Waals surface area contributed by atoms with Crippen LogP contribution in [0.4, 0.5) is 5.82 Å². The Hall–Kier alpha value is -2.78. The molecule has 4 aromatic rings. The molecule has 32 heavy (non-hydrogen) atoms. The molecule has 1 aliphatic heterocycles. The van der Waals surface area contributed by atoms with Crippen LogP contribution in [0.5, 0.6) is 0 Å². The molecule has 0 radical (unpaired) electrons. The second kappa shape index (κ2) is 8.63. The molecule has 1 fully saturated rings. The zero-order valence-corrected chi connectivity index (χ0v) is 19.4. The van der Waals surface area contributed by atoms with E-state index in [4.69, 9.17) is 4.98 Å². The van der Waals surface area contributed by atoms with Crippen molar-refractivity contribution in [3.63, 3.8) is 0 Å². The summed E-state index contributed by atoms with van der Waals surface area (Å²) in [7, 11) is 0. The summed E-state index contributed by atoms with van der Waals surface area (Å²) in [4.78, 5) is 7.47.